The Labute approximate surface area is 104 Å². The molecule has 0 fully saturated rings. The summed E-state index contributed by atoms with van der Waals surface area (Å²) in [7, 11) is 0. The zero-order valence-corrected chi connectivity index (χ0v) is 9.67. The van der Waals surface area contributed by atoms with Gasteiger partial charge in [-0.05, 0) is 29.7 Å². The second-order valence-corrected chi connectivity index (χ2v) is 4.31. The van der Waals surface area contributed by atoms with Crippen molar-refractivity contribution in [1.29, 1.82) is 0 Å². The van der Waals surface area contributed by atoms with Gasteiger partial charge in [0.15, 0.2) is 0 Å². The van der Waals surface area contributed by atoms with Gasteiger partial charge >= 0.3 is 0 Å². The van der Waals surface area contributed by atoms with Gasteiger partial charge in [-0.2, -0.15) is 0 Å². The normalized spacial score (nSPS) is 14.3. The first kappa shape index (κ1) is 10.8. The van der Waals surface area contributed by atoms with Crippen molar-refractivity contribution >= 4 is 5.91 Å². The molecule has 1 N–H and O–H groups in total. The highest BCUT2D eigenvalue weighted by Crippen LogP contribution is 2.24. The summed E-state index contributed by atoms with van der Waals surface area (Å²) >= 11 is 0. The van der Waals surface area contributed by atoms with Gasteiger partial charge in [-0.1, -0.05) is 11.2 Å². The first-order chi connectivity index (χ1) is 8.74. The van der Waals surface area contributed by atoms with Gasteiger partial charge < -0.3 is 14.5 Å². The summed E-state index contributed by atoms with van der Waals surface area (Å²) in [5.74, 6) is 0.308. The van der Waals surface area contributed by atoms with Gasteiger partial charge in [-0.25, -0.2) is 0 Å². The number of aromatic nitrogens is 1. The third-order valence-electron chi connectivity index (χ3n) is 3.14. The van der Waals surface area contributed by atoms with E-state index in [0.29, 0.717) is 13.1 Å². The number of amides is 1. The number of aromatic hydroxyl groups is 1. The average Bonchev–Trinajstić information content (AvgIpc) is 2.90. The second-order valence-electron chi connectivity index (χ2n) is 4.31. The van der Waals surface area contributed by atoms with Crippen molar-refractivity contribution in [3.63, 3.8) is 0 Å². The van der Waals surface area contributed by atoms with Crippen molar-refractivity contribution in [2.24, 2.45) is 0 Å². The van der Waals surface area contributed by atoms with Crippen LogP contribution >= 0.6 is 0 Å². The highest BCUT2D eigenvalue weighted by atomic mass is 16.5. The lowest BCUT2D eigenvalue weighted by Gasteiger charge is -2.28. The zero-order valence-electron chi connectivity index (χ0n) is 9.67. The standard InChI is InChI=1S/C13H12N2O3/c16-11-2-1-9-4-6-15(8-10(9)7-11)13(17)12-3-5-14-18-12/h1-3,5,7,16H,4,6,8H2. The van der Waals surface area contributed by atoms with Gasteiger partial charge in [-0.3, -0.25) is 4.79 Å². The van der Waals surface area contributed by atoms with Crippen LogP contribution in [-0.4, -0.2) is 27.6 Å². The average molecular weight is 244 g/mol. The van der Waals surface area contributed by atoms with Crippen molar-refractivity contribution in [2.45, 2.75) is 13.0 Å². The van der Waals surface area contributed by atoms with Crippen molar-refractivity contribution in [1.82, 2.24) is 10.1 Å². The van der Waals surface area contributed by atoms with Crippen LogP contribution in [0, 0.1) is 0 Å². The van der Waals surface area contributed by atoms with E-state index < -0.39 is 0 Å². The molecular formula is C13H12N2O3. The molecule has 1 aromatic heterocycles. The molecule has 1 aliphatic heterocycles. The topological polar surface area (TPSA) is 66.6 Å². The fraction of sp³-hybridized carbons (Fsp3) is 0.231. The minimum Gasteiger partial charge on any atom is -0.508 e. The monoisotopic (exact) mass is 244 g/mol. The summed E-state index contributed by atoms with van der Waals surface area (Å²) in [5, 5.41) is 13.0. The predicted molar refractivity (Wildman–Crippen MR) is 63.1 cm³/mol. The Hall–Kier alpha value is -2.30. The van der Waals surface area contributed by atoms with Crippen molar-refractivity contribution < 1.29 is 14.4 Å². The minimum absolute atomic E-state index is 0.165. The van der Waals surface area contributed by atoms with Crippen LogP contribution < -0.4 is 0 Å². The first-order valence-electron chi connectivity index (χ1n) is 5.75. The quantitative estimate of drug-likeness (QED) is 0.827. The Morgan fingerprint density at radius 2 is 2.22 bits per heavy atom. The van der Waals surface area contributed by atoms with Gasteiger partial charge in [0.2, 0.25) is 5.76 Å². The summed E-state index contributed by atoms with van der Waals surface area (Å²) in [6.45, 7) is 1.14. The molecule has 0 unspecified atom stereocenters. The number of rotatable bonds is 1. The number of carbonyl (C=O) groups excluding carboxylic acids is 1. The van der Waals surface area contributed by atoms with Gasteiger partial charge in [0.1, 0.15) is 5.75 Å². The van der Waals surface area contributed by atoms with E-state index in [1.807, 2.05) is 6.07 Å². The molecule has 18 heavy (non-hydrogen) atoms. The largest absolute Gasteiger partial charge is 0.508 e. The van der Waals surface area contributed by atoms with Gasteiger partial charge in [-0.15, -0.1) is 0 Å². The third-order valence-corrected chi connectivity index (χ3v) is 3.14. The van der Waals surface area contributed by atoms with Gasteiger partial charge in [0.05, 0.1) is 6.20 Å². The van der Waals surface area contributed by atoms with Crippen LogP contribution in [0.1, 0.15) is 21.7 Å². The molecular weight excluding hydrogens is 232 g/mol. The van der Waals surface area contributed by atoms with E-state index >= 15 is 0 Å². The SMILES string of the molecule is O=C(c1ccno1)N1CCc2ccc(O)cc2C1. The number of phenols is 1. The van der Waals surface area contributed by atoms with E-state index in [4.69, 9.17) is 4.52 Å². The molecule has 0 aliphatic carbocycles. The predicted octanol–water partition coefficient (Wildman–Crippen LogP) is 1.58. The summed E-state index contributed by atoms with van der Waals surface area (Å²) in [5.41, 5.74) is 2.16. The summed E-state index contributed by atoms with van der Waals surface area (Å²) in [4.78, 5) is 13.8. The Kier molecular flexibility index (Phi) is 2.51. The minimum atomic E-state index is -0.165. The van der Waals surface area contributed by atoms with Crippen LogP contribution in [0.2, 0.25) is 0 Å². The zero-order chi connectivity index (χ0) is 12.5. The molecule has 0 saturated carbocycles. The Bertz CT molecular complexity index is 578. The smallest absolute Gasteiger partial charge is 0.292 e. The number of fused-ring (bicyclic) bond motifs is 1. The van der Waals surface area contributed by atoms with E-state index in [1.54, 1.807) is 23.1 Å². The summed E-state index contributed by atoms with van der Waals surface area (Å²) < 4.78 is 4.87. The molecule has 0 spiro atoms. The number of phenolic OH excluding ortho intramolecular Hbond substituents is 1. The summed E-state index contributed by atoms with van der Waals surface area (Å²) in [6, 6.07) is 6.84. The molecule has 5 heteroatoms. The fourth-order valence-electron chi connectivity index (χ4n) is 2.20. The third kappa shape index (κ3) is 1.84. The molecule has 92 valence electrons. The molecule has 0 saturated heterocycles. The Balaban J connectivity index is 1.84. The van der Waals surface area contributed by atoms with E-state index in [-0.39, 0.29) is 17.4 Å². The van der Waals surface area contributed by atoms with Crippen molar-refractivity contribution in [2.75, 3.05) is 6.54 Å². The van der Waals surface area contributed by atoms with Crippen LogP contribution in [0.5, 0.6) is 5.75 Å². The van der Waals surface area contributed by atoms with Crippen LogP contribution in [0.15, 0.2) is 35.0 Å². The first-order valence-corrected chi connectivity index (χ1v) is 5.75. The van der Waals surface area contributed by atoms with Crippen LogP contribution in [0.25, 0.3) is 0 Å². The maximum Gasteiger partial charge on any atom is 0.292 e. The maximum absolute atomic E-state index is 12.1. The van der Waals surface area contributed by atoms with E-state index in [9.17, 15) is 9.90 Å². The summed E-state index contributed by atoms with van der Waals surface area (Å²) in [6.07, 6.45) is 2.24. The maximum atomic E-state index is 12.1. The molecule has 0 atom stereocenters. The number of carbonyl (C=O) groups is 1. The van der Waals surface area contributed by atoms with Crippen LogP contribution in [0.4, 0.5) is 0 Å². The highest BCUT2D eigenvalue weighted by Gasteiger charge is 2.23. The van der Waals surface area contributed by atoms with Crippen molar-refractivity contribution in [3.05, 3.63) is 47.3 Å². The molecule has 1 amide bonds. The molecule has 2 heterocycles. The fourth-order valence-corrected chi connectivity index (χ4v) is 2.20. The molecule has 2 aromatic rings. The van der Waals surface area contributed by atoms with Gasteiger partial charge in [0.25, 0.3) is 5.91 Å². The Morgan fingerprint density at radius 3 is 3.00 bits per heavy atom. The van der Waals surface area contributed by atoms with Crippen molar-refractivity contribution in [3.8, 4) is 5.75 Å². The van der Waals surface area contributed by atoms with Crippen LogP contribution in [0.3, 0.4) is 0 Å². The Morgan fingerprint density at radius 1 is 1.33 bits per heavy atom. The lowest BCUT2D eigenvalue weighted by atomic mass is 9.99. The number of benzene rings is 1. The number of hydrogen-bond acceptors (Lipinski definition) is 4. The van der Waals surface area contributed by atoms with Gasteiger partial charge in [0, 0.05) is 19.2 Å². The van der Waals surface area contributed by atoms with E-state index in [0.717, 1.165) is 12.0 Å². The molecule has 3 rings (SSSR count). The molecule has 0 bridgehead atoms. The van der Waals surface area contributed by atoms with E-state index in [2.05, 4.69) is 5.16 Å². The van der Waals surface area contributed by atoms with E-state index in [1.165, 1.54) is 11.8 Å². The number of nitrogens with zero attached hydrogens (tertiary/aromatic N) is 2. The highest BCUT2D eigenvalue weighted by molar-refractivity contribution is 5.91. The lowest BCUT2D eigenvalue weighted by molar-refractivity contribution is 0.0692. The molecule has 0 radical (unpaired) electrons. The van der Waals surface area contributed by atoms with Crippen LogP contribution in [-0.2, 0) is 13.0 Å². The second kappa shape index (κ2) is 4.18. The molecule has 1 aromatic carbocycles. The molecule has 1 aliphatic rings. The molecule has 5 nitrogen and oxygen atoms in total. The number of hydrogen-bond donors (Lipinski definition) is 1. The lowest BCUT2D eigenvalue weighted by Crippen LogP contribution is -2.35.